The Labute approximate surface area is 215 Å². The Bertz CT molecular complexity index is 2030. The minimum Gasteiger partial charge on any atom is -0.309 e. The van der Waals surface area contributed by atoms with Gasteiger partial charge in [-0.15, -0.1) is 0 Å². The van der Waals surface area contributed by atoms with Crippen molar-refractivity contribution in [3.8, 4) is 11.4 Å². The summed E-state index contributed by atoms with van der Waals surface area (Å²) < 4.78 is 29.2. The fourth-order valence-corrected chi connectivity index (χ4v) is 5.50. The molecule has 0 aliphatic carbocycles. The Kier molecular flexibility index (Phi) is 3.81. The zero-order valence-electron chi connectivity index (χ0n) is 23.6. The molecule has 7 aromatic rings. The molecule has 0 aliphatic heterocycles. The van der Waals surface area contributed by atoms with E-state index in [4.69, 9.17) is 4.11 Å². The van der Waals surface area contributed by atoms with Gasteiger partial charge >= 0.3 is 0 Å². The van der Waals surface area contributed by atoms with Crippen LogP contribution in [0.4, 0.5) is 0 Å². The van der Waals surface area contributed by atoms with Crippen LogP contribution in [0.15, 0.2) is 115 Å². The minimum absolute atomic E-state index is 0.0233. The van der Waals surface area contributed by atoms with Crippen LogP contribution in [0.2, 0.25) is 0 Å². The lowest BCUT2D eigenvalue weighted by Crippen LogP contribution is -2.10. The maximum absolute atomic E-state index is 8.32. The van der Waals surface area contributed by atoms with Crippen LogP contribution in [0, 0.1) is 0 Å². The highest BCUT2D eigenvalue weighted by atomic mass is 15.0. The molecule has 0 atom stereocenters. The number of fused-ring (bicyclic) bond motifs is 6. The third-order valence-electron chi connectivity index (χ3n) is 7.28. The smallest absolute Gasteiger partial charge is 0.0623 e. The van der Waals surface area contributed by atoms with Gasteiger partial charge in [0.25, 0.3) is 0 Å². The number of hydrogen-bond acceptors (Lipinski definition) is 0. The van der Waals surface area contributed by atoms with E-state index in [-0.39, 0.29) is 5.41 Å². The van der Waals surface area contributed by atoms with Crippen LogP contribution < -0.4 is 0 Å². The third-order valence-corrected chi connectivity index (χ3v) is 7.28. The van der Waals surface area contributed by atoms with Gasteiger partial charge < -0.3 is 9.13 Å². The summed E-state index contributed by atoms with van der Waals surface area (Å²) in [4.78, 5) is 0. The summed E-state index contributed by atoms with van der Waals surface area (Å²) in [5.41, 5.74) is 7.56. The van der Waals surface area contributed by atoms with Crippen molar-refractivity contribution in [1.82, 2.24) is 9.13 Å². The molecule has 0 saturated carbocycles. The lowest BCUT2D eigenvalue weighted by molar-refractivity contribution is 0.591. The van der Waals surface area contributed by atoms with Crippen LogP contribution >= 0.6 is 0 Å². The van der Waals surface area contributed by atoms with Gasteiger partial charge in [-0.05, 0) is 59.5 Å². The molecule has 0 amide bonds. The van der Waals surface area contributed by atoms with Gasteiger partial charge in [-0.1, -0.05) is 87.4 Å². The fourth-order valence-electron chi connectivity index (χ4n) is 5.50. The van der Waals surface area contributed by atoms with E-state index in [9.17, 15) is 0 Å². The Hall–Kier alpha value is -4.30. The third kappa shape index (κ3) is 3.04. The molecule has 2 heterocycles. The Morgan fingerprint density at radius 2 is 0.972 bits per heavy atom. The monoisotopic (exact) mass is 467 g/mol. The molecule has 174 valence electrons. The molecule has 0 radical (unpaired) electrons. The Balaban J connectivity index is 1.52. The number of rotatable bonds is 2. The standard InChI is InChI=1S/C34H28N2/c1-34(2,3)23-19-20-33-29(21-23)28-15-6-9-18-32(28)36(33)25-12-10-11-24(22-25)35-30-16-7-4-13-26(30)27-14-5-8-17-31(27)35/h4-22H,1-3H3/i4D,5D,6D. The zero-order chi connectivity index (χ0) is 27.1. The second-order valence-electron chi connectivity index (χ2n) is 10.5. The summed E-state index contributed by atoms with van der Waals surface area (Å²) >= 11 is 0. The normalized spacial score (nSPS) is 13.5. The fraction of sp³-hybridized carbons (Fsp3) is 0.118. The van der Waals surface area contributed by atoms with Gasteiger partial charge in [-0.25, -0.2) is 0 Å². The molecule has 0 spiro atoms. The first-order valence-electron chi connectivity index (χ1n) is 13.9. The Morgan fingerprint density at radius 3 is 1.47 bits per heavy atom. The van der Waals surface area contributed by atoms with E-state index in [2.05, 4.69) is 72.4 Å². The molecule has 7 rings (SSSR count). The van der Waals surface area contributed by atoms with Gasteiger partial charge in [0.05, 0.1) is 26.2 Å². The topological polar surface area (TPSA) is 9.86 Å². The van der Waals surface area contributed by atoms with E-state index >= 15 is 0 Å². The maximum Gasteiger partial charge on any atom is 0.0623 e. The van der Waals surface area contributed by atoms with E-state index in [1.807, 2.05) is 54.6 Å². The molecule has 0 bridgehead atoms. The molecule has 0 N–H and O–H groups in total. The van der Waals surface area contributed by atoms with Gasteiger partial charge in [-0.2, -0.15) is 0 Å². The molecular formula is C34H28N2. The van der Waals surface area contributed by atoms with Crippen molar-refractivity contribution in [3.05, 3.63) is 121 Å². The number of benzene rings is 5. The molecule has 0 saturated heterocycles. The minimum atomic E-state index is 0.0233. The SMILES string of the molecule is [2H]c1ccc2c(c1)c1cc([2H])ccc1n2-c1cccc(-n2c3ccc([2H])cc3c3cc(C(C)(C)C)ccc32)c1. The van der Waals surface area contributed by atoms with Gasteiger partial charge in [0.1, 0.15) is 0 Å². The number of hydrogen-bond donors (Lipinski definition) is 0. The second kappa shape index (κ2) is 7.60. The highest BCUT2D eigenvalue weighted by Gasteiger charge is 2.18. The van der Waals surface area contributed by atoms with Crippen LogP contribution in [0.3, 0.4) is 0 Å². The van der Waals surface area contributed by atoms with Crippen LogP contribution in [0.25, 0.3) is 55.0 Å². The van der Waals surface area contributed by atoms with Crippen molar-refractivity contribution in [1.29, 1.82) is 0 Å². The van der Waals surface area contributed by atoms with E-state index < -0.39 is 0 Å². The molecule has 2 heteroatoms. The molecule has 2 aromatic heterocycles. The van der Waals surface area contributed by atoms with Crippen molar-refractivity contribution in [2.75, 3.05) is 0 Å². The highest BCUT2D eigenvalue weighted by molar-refractivity contribution is 6.10. The van der Waals surface area contributed by atoms with Gasteiger partial charge in [0.2, 0.25) is 0 Å². The quantitative estimate of drug-likeness (QED) is 0.240. The van der Waals surface area contributed by atoms with E-state index in [0.717, 1.165) is 55.0 Å². The predicted octanol–water partition coefficient (Wildman–Crippen LogP) is 9.18. The lowest BCUT2D eigenvalue weighted by atomic mass is 9.86. The molecule has 5 aromatic carbocycles. The van der Waals surface area contributed by atoms with Crippen LogP contribution in [0.5, 0.6) is 0 Å². The summed E-state index contributed by atoms with van der Waals surface area (Å²) in [5.74, 6) is 0. The second-order valence-corrected chi connectivity index (χ2v) is 10.5. The Morgan fingerprint density at radius 1 is 0.500 bits per heavy atom. The van der Waals surface area contributed by atoms with E-state index in [1.54, 1.807) is 0 Å². The molecule has 0 aliphatic rings. The molecule has 0 fully saturated rings. The van der Waals surface area contributed by atoms with Crippen molar-refractivity contribution < 1.29 is 4.11 Å². The average molecular weight is 468 g/mol. The lowest BCUT2D eigenvalue weighted by Gasteiger charge is -2.19. The van der Waals surface area contributed by atoms with Crippen LogP contribution in [0.1, 0.15) is 30.4 Å². The summed E-state index contributed by atoms with van der Waals surface area (Å²) in [5, 5.41) is 4.19. The van der Waals surface area contributed by atoms with Crippen molar-refractivity contribution in [2.24, 2.45) is 0 Å². The van der Waals surface area contributed by atoms with Crippen molar-refractivity contribution >= 4 is 43.6 Å². The summed E-state index contributed by atoms with van der Waals surface area (Å²) in [6, 6.07) is 33.9. The van der Waals surface area contributed by atoms with E-state index in [1.165, 1.54) is 5.56 Å². The summed E-state index contributed by atoms with van der Waals surface area (Å²) in [7, 11) is 0. The van der Waals surface area contributed by atoms with Crippen LogP contribution in [-0.2, 0) is 5.41 Å². The van der Waals surface area contributed by atoms with Gasteiger partial charge in [0, 0.05) is 32.9 Å². The predicted molar refractivity (Wildman–Crippen MR) is 154 cm³/mol. The summed E-state index contributed by atoms with van der Waals surface area (Å²) in [6.07, 6.45) is 0. The summed E-state index contributed by atoms with van der Waals surface area (Å²) in [6.45, 7) is 6.68. The van der Waals surface area contributed by atoms with E-state index in [0.29, 0.717) is 18.1 Å². The van der Waals surface area contributed by atoms with Crippen LogP contribution in [-0.4, -0.2) is 9.13 Å². The van der Waals surface area contributed by atoms with Gasteiger partial charge in [-0.3, -0.25) is 0 Å². The average Bonchev–Trinajstić information content (AvgIpc) is 3.39. The zero-order valence-corrected chi connectivity index (χ0v) is 20.6. The highest BCUT2D eigenvalue weighted by Crippen LogP contribution is 2.37. The maximum atomic E-state index is 8.32. The number of nitrogens with zero attached hydrogens (tertiary/aromatic N) is 2. The first-order valence-corrected chi connectivity index (χ1v) is 12.4. The van der Waals surface area contributed by atoms with Gasteiger partial charge in [0.15, 0.2) is 0 Å². The number of aromatic nitrogens is 2. The molecular weight excluding hydrogens is 436 g/mol. The first kappa shape index (κ1) is 18.0. The first-order chi connectivity index (χ1) is 18.7. The molecule has 2 nitrogen and oxygen atoms in total. The molecule has 36 heavy (non-hydrogen) atoms. The number of para-hydroxylation sites is 3. The molecule has 0 unspecified atom stereocenters. The van der Waals surface area contributed by atoms with Crippen molar-refractivity contribution in [3.63, 3.8) is 0 Å². The van der Waals surface area contributed by atoms with Crippen molar-refractivity contribution in [2.45, 2.75) is 26.2 Å². The largest absolute Gasteiger partial charge is 0.309 e.